The topological polar surface area (TPSA) is 81.7 Å². The van der Waals surface area contributed by atoms with Crippen LogP contribution in [0, 0.1) is 17.8 Å². The summed E-state index contributed by atoms with van der Waals surface area (Å²) in [6.45, 7) is 9.99. The Morgan fingerprint density at radius 2 is 1.86 bits per heavy atom. The Kier molecular flexibility index (Phi) is 7.50. The molecule has 0 aliphatic carbocycles. The number of amides is 2. The molecule has 1 fully saturated rings. The Morgan fingerprint density at radius 3 is 2.33 bits per heavy atom. The Bertz CT molecular complexity index is 339. The van der Waals surface area contributed by atoms with Gasteiger partial charge < -0.3 is 20.6 Å². The van der Waals surface area contributed by atoms with E-state index < -0.39 is 11.9 Å². The number of piperidine rings is 1. The molecule has 0 aromatic rings. The number of carboxylic acid groups (broad SMARTS) is 1. The van der Waals surface area contributed by atoms with Crippen LogP contribution in [0.5, 0.6) is 0 Å². The van der Waals surface area contributed by atoms with Crippen LogP contribution in [-0.4, -0.2) is 54.7 Å². The van der Waals surface area contributed by atoms with Crippen molar-refractivity contribution in [2.45, 2.75) is 33.6 Å². The number of carbonyl (C=O) groups is 2. The molecule has 21 heavy (non-hydrogen) atoms. The van der Waals surface area contributed by atoms with Gasteiger partial charge in [0, 0.05) is 13.1 Å². The maximum Gasteiger partial charge on any atom is 0.314 e. The molecule has 6 nitrogen and oxygen atoms in total. The predicted molar refractivity (Wildman–Crippen MR) is 82.2 cm³/mol. The number of nitrogens with zero attached hydrogens (tertiary/aromatic N) is 1. The van der Waals surface area contributed by atoms with E-state index in [4.69, 9.17) is 5.11 Å². The maximum atomic E-state index is 11.7. The van der Waals surface area contributed by atoms with Gasteiger partial charge in [0.1, 0.15) is 0 Å². The van der Waals surface area contributed by atoms with E-state index in [1.54, 1.807) is 0 Å². The van der Waals surface area contributed by atoms with Gasteiger partial charge in [-0.05, 0) is 44.3 Å². The molecule has 1 atom stereocenters. The fraction of sp³-hybridized carbons (Fsp3) is 0.867. The molecule has 1 saturated heterocycles. The van der Waals surface area contributed by atoms with E-state index >= 15 is 0 Å². The number of likely N-dealkylation sites (tertiary alicyclic amines) is 1. The number of hydrogen-bond acceptors (Lipinski definition) is 3. The summed E-state index contributed by atoms with van der Waals surface area (Å²) >= 11 is 0. The molecule has 2 amide bonds. The first-order valence-electron chi connectivity index (χ1n) is 7.90. The molecule has 0 spiro atoms. The van der Waals surface area contributed by atoms with E-state index in [2.05, 4.69) is 22.5 Å². The van der Waals surface area contributed by atoms with Crippen molar-refractivity contribution < 1.29 is 14.7 Å². The zero-order chi connectivity index (χ0) is 15.8. The number of urea groups is 1. The second kappa shape index (κ2) is 8.87. The smallest absolute Gasteiger partial charge is 0.314 e. The number of carboxylic acids is 1. The third kappa shape index (κ3) is 6.33. The van der Waals surface area contributed by atoms with Crippen LogP contribution in [-0.2, 0) is 4.79 Å². The van der Waals surface area contributed by atoms with Crippen molar-refractivity contribution in [2.24, 2.45) is 17.8 Å². The number of nitrogens with one attached hydrogen (secondary N) is 2. The van der Waals surface area contributed by atoms with Crippen LogP contribution >= 0.6 is 0 Å². The first-order valence-corrected chi connectivity index (χ1v) is 7.90. The number of aliphatic carboxylic acids is 1. The third-order valence-corrected chi connectivity index (χ3v) is 4.31. The minimum Gasteiger partial charge on any atom is -0.481 e. The molecule has 122 valence electrons. The Morgan fingerprint density at radius 1 is 1.24 bits per heavy atom. The highest BCUT2D eigenvalue weighted by molar-refractivity contribution is 5.75. The van der Waals surface area contributed by atoms with Gasteiger partial charge in [0.25, 0.3) is 0 Å². The lowest BCUT2D eigenvalue weighted by molar-refractivity contribution is -0.142. The fourth-order valence-electron chi connectivity index (χ4n) is 2.62. The van der Waals surface area contributed by atoms with Crippen molar-refractivity contribution >= 4 is 12.0 Å². The highest BCUT2D eigenvalue weighted by Gasteiger charge is 2.22. The molecule has 0 bridgehead atoms. The van der Waals surface area contributed by atoms with Crippen LogP contribution in [0.3, 0.4) is 0 Å². The monoisotopic (exact) mass is 299 g/mol. The summed E-state index contributed by atoms with van der Waals surface area (Å²) in [5.74, 6) is -0.874. The summed E-state index contributed by atoms with van der Waals surface area (Å²) in [4.78, 5) is 25.2. The summed E-state index contributed by atoms with van der Waals surface area (Å²) in [6.07, 6.45) is 2.22. The zero-order valence-corrected chi connectivity index (χ0v) is 13.4. The summed E-state index contributed by atoms with van der Waals surface area (Å²) in [5, 5.41) is 14.6. The second-order valence-corrected chi connectivity index (χ2v) is 6.16. The van der Waals surface area contributed by atoms with E-state index in [1.807, 2.05) is 13.8 Å². The van der Waals surface area contributed by atoms with E-state index in [9.17, 15) is 9.59 Å². The van der Waals surface area contributed by atoms with Crippen LogP contribution in [0.15, 0.2) is 0 Å². The van der Waals surface area contributed by atoms with Crippen molar-refractivity contribution in [1.29, 1.82) is 0 Å². The lowest BCUT2D eigenvalue weighted by atomic mass is 9.96. The Labute approximate surface area is 127 Å². The van der Waals surface area contributed by atoms with Crippen molar-refractivity contribution in [1.82, 2.24) is 15.5 Å². The second-order valence-electron chi connectivity index (χ2n) is 6.16. The predicted octanol–water partition coefficient (Wildman–Crippen LogP) is 1.37. The highest BCUT2D eigenvalue weighted by Crippen LogP contribution is 2.15. The summed E-state index contributed by atoms with van der Waals surface area (Å²) in [6, 6.07) is -0.264. The van der Waals surface area contributed by atoms with Gasteiger partial charge >= 0.3 is 12.0 Å². The van der Waals surface area contributed by atoms with Crippen molar-refractivity contribution in [3.05, 3.63) is 0 Å². The average molecular weight is 299 g/mol. The van der Waals surface area contributed by atoms with Gasteiger partial charge in [-0.25, -0.2) is 4.79 Å². The fourth-order valence-corrected chi connectivity index (χ4v) is 2.62. The van der Waals surface area contributed by atoms with Crippen LogP contribution in [0.1, 0.15) is 33.6 Å². The van der Waals surface area contributed by atoms with Gasteiger partial charge in [-0.1, -0.05) is 20.8 Å². The molecule has 0 radical (unpaired) electrons. The molecule has 1 aliphatic heterocycles. The van der Waals surface area contributed by atoms with Crippen LogP contribution < -0.4 is 10.6 Å². The van der Waals surface area contributed by atoms with E-state index in [1.165, 1.54) is 0 Å². The van der Waals surface area contributed by atoms with Gasteiger partial charge in [0.2, 0.25) is 0 Å². The Balaban J connectivity index is 2.21. The average Bonchev–Trinajstić information content (AvgIpc) is 2.45. The standard InChI is InChI=1S/C15H29N3O3/c1-4-18-7-5-12(6-8-18)9-16-15(21)17-10-13(11(2)3)14(19)20/h11-13H,4-10H2,1-3H3,(H,19,20)(H2,16,17,21). The van der Waals surface area contributed by atoms with Gasteiger partial charge in [-0.2, -0.15) is 0 Å². The minimum absolute atomic E-state index is 0.00108. The largest absolute Gasteiger partial charge is 0.481 e. The minimum atomic E-state index is -0.864. The summed E-state index contributed by atoms with van der Waals surface area (Å²) < 4.78 is 0. The maximum absolute atomic E-state index is 11.7. The van der Waals surface area contributed by atoms with E-state index in [-0.39, 0.29) is 18.5 Å². The van der Waals surface area contributed by atoms with Gasteiger partial charge in [-0.15, -0.1) is 0 Å². The third-order valence-electron chi connectivity index (χ3n) is 4.31. The molecule has 3 N–H and O–H groups in total. The van der Waals surface area contributed by atoms with Crippen molar-refractivity contribution in [2.75, 3.05) is 32.7 Å². The molecule has 1 unspecified atom stereocenters. The molecule has 6 heteroatoms. The number of carbonyl (C=O) groups excluding carboxylic acids is 1. The normalized spacial score (nSPS) is 18.5. The molecule has 0 saturated carbocycles. The molecule has 0 aromatic heterocycles. The number of rotatable bonds is 7. The quantitative estimate of drug-likeness (QED) is 0.663. The summed E-state index contributed by atoms with van der Waals surface area (Å²) in [7, 11) is 0. The van der Waals surface area contributed by atoms with Crippen LogP contribution in [0.4, 0.5) is 4.79 Å². The summed E-state index contributed by atoms with van der Waals surface area (Å²) in [5.41, 5.74) is 0. The van der Waals surface area contributed by atoms with Gasteiger partial charge in [0.05, 0.1) is 5.92 Å². The SMILES string of the molecule is CCN1CCC(CNC(=O)NCC(C(=O)O)C(C)C)CC1. The first kappa shape index (κ1) is 17.8. The lowest BCUT2D eigenvalue weighted by Crippen LogP contribution is -2.44. The van der Waals surface area contributed by atoms with Crippen molar-refractivity contribution in [3.8, 4) is 0 Å². The molecule has 0 aromatic carbocycles. The Hall–Kier alpha value is -1.30. The number of hydrogen-bond donors (Lipinski definition) is 3. The first-order chi connectivity index (χ1) is 9.93. The van der Waals surface area contributed by atoms with E-state index in [0.717, 1.165) is 32.5 Å². The van der Waals surface area contributed by atoms with Gasteiger partial charge in [0.15, 0.2) is 0 Å². The molecule has 1 heterocycles. The van der Waals surface area contributed by atoms with Crippen molar-refractivity contribution in [3.63, 3.8) is 0 Å². The van der Waals surface area contributed by atoms with E-state index in [0.29, 0.717) is 12.5 Å². The van der Waals surface area contributed by atoms with Crippen LogP contribution in [0.25, 0.3) is 0 Å². The highest BCUT2D eigenvalue weighted by atomic mass is 16.4. The molecular weight excluding hydrogens is 270 g/mol. The zero-order valence-electron chi connectivity index (χ0n) is 13.4. The van der Waals surface area contributed by atoms with Gasteiger partial charge in [-0.3, -0.25) is 4.79 Å². The lowest BCUT2D eigenvalue weighted by Gasteiger charge is -2.31. The van der Waals surface area contributed by atoms with Crippen LogP contribution in [0.2, 0.25) is 0 Å². The molecule has 1 rings (SSSR count). The molecule has 1 aliphatic rings. The molecular formula is C15H29N3O3.